The van der Waals surface area contributed by atoms with Gasteiger partial charge >= 0.3 is 6.17 Å². The van der Waals surface area contributed by atoms with Crippen LogP contribution >= 0.6 is 0 Å². The zero-order valence-electron chi connectivity index (χ0n) is 6.49. The summed E-state index contributed by atoms with van der Waals surface area (Å²) in [6.45, 7) is 0. The first kappa shape index (κ1) is 7.66. The van der Waals surface area contributed by atoms with Crippen LogP contribution in [0.15, 0.2) is 28.4 Å². The highest BCUT2D eigenvalue weighted by atomic mass is 16.6. The van der Waals surface area contributed by atoms with Crippen molar-refractivity contribution >= 4 is 12.4 Å². The van der Waals surface area contributed by atoms with E-state index in [1.807, 2.05) is 0 Å². The fourth-order valence-electron chi connectivity index (χ4n) is 1.28. The van der Waals surface area contributed by atoms with Crippen molar-refractivity contribution in [1.82, 2.24) is 0 Å². The summed E-state index contributed by atoms with van der Waals surface area (Å²) in [7, 11) is 0. The van der Waals surface area contributed by atoms with E-state index in [0.717, 1.165) is 11.0 Å². The van der Waals surface area contributed by atoms with Crippen LogP contribution in [0.1, 0.15) is 0 Å². The van der Waals surface area contributed by atoms with Crippen molar-refractivity contribution in [3.05, 3.63) is 33.5 Å². The van der Waals surface area contributed by atoms with E-state index >= 15 is 0 Å². The highest BCUT2D eigenvalue weighted by Crippen LogP contribution is 2.21. The molecular weight excluding hydrogens is 174 g/mol. The summed E-state index contributed by atoms with van der Waals surface area (Å²) in [4.78, 5) is 13.8. The van der Waals surface area contributed by atoms with Gasteiger partial charge in [-0.3, -0.25) is 15.3 Å². The molecule has 0 saturated heterocycles. The van der Waals surface area contributed by atoms with E-state index in [1.54, 1.807) is 6.08 Å². The molecule has 1 unspecified atom stereocenters. The van der Waals surface area contributed by atoms with Crippen LogP contribution < -0.4 is 0 Å². The lowest BCUT2D eigenvalue weighted by molar-refractivity contribution is -0.789. The molecule has 0 aliphatic carbocycles. The van der Waals surface area contributed by atoms with Crippen molar-refractivity contribution in [2.45, 2.75) is 6.17 Å². The molecule has 0 spiro atoms. The van der Waals surface area contributed by atoms with Crippen molar-refractivity contribution in [2.24, 2.45) is 4.99 Å². The van der Waals surface area contributed by atoms with Crippen LogP contribution in [-0.4, -0.2) is 33.5 Å². The Hall–Kier alpha value is -1.98. The van der Waals surface area contributed by atoms with Gasteiger partial charge in [0.2, 0.25) is 6.21 Å². The second kappa shape index (κ2) is 2.51. The van der Waals surface area contributed by atoms with Gasteiger partial charge in [0.05, 0.1) is 4.92 Å². The highest BCUT2D eigenvalue weighted by molar-refractivity contribution is 5.82. The molecule has 13 heavy (non-hydrogen) atoms. The number of aliphatic imine (C=N–C) groups is 1. The third-order valence-corrected chi connectivity index (χ3v) is 1.87. The van der Waals surface area contributed by atoms with Crippen LogP contribution in [-0.2, 0) is 0 Å². The van der Waals surface area contributed by atoms with Crippen molar-refractivity contribution in [3.63, 3.8) is 0 Å². The third kappa shape index (κ3) is 1.03. The van der Waals surface area contributed by atoms with Gasteiger partial charge in [0.1, 0.15) is 11.8 Å². The molecule has 0 aromatic carbocycles. The molecule has 0 saturated carbocycles. The molecule has 2 rings (SSSR count). The predicted octanol–water partition coefficient (Wildman–Crippen LogP) is -0.0300. The molecule has 0 fully saturated rings. The summed E-state index contributed by atoms with van der Waals surface area (Å²) in [5.41, 5.74) is 0.350. The Balaban J connectivity index is 2.49. The second-order valence-corrected chi connectivity index (χ2v) is 2.64. The number of allylic oxidation sites excluding steroid dienone is 2. The van der Waals surface area contributed by atoms with Crippen molar-refractivity contribution in [1.29, 1.82) is 0 Å². The van der Waals surface area contributed by atoms with Gasteiger partial charge < -0.3 is 0 Å². The first-order valence-corrected chi connectivity index (χ1v) is 3.60. The van der Waals surface area contributed by atoms with Crippen LogP contribution in [0.3, 0.4) is 0 Å². The monoisotopic (exact) mass is 180 g/mol. The SMILES string of the molecule is O=[N+]([O-])C1=C2C=CC=[N+](O)C2N=C1. The van der Waals surface area contributed by atoms with E-state index in [0.29, 0.717) is 5.57 Å². The number of nitro groups is 1. The zero-order chi connectivity index (χ0) is 9.42. The Morgan fingerprint density at radius 2 is 2.46 bits per heavy atom. The minimum Gasteiger partial charge on any atom is -0.288 e. The van der Waals surface area contributed by atoms with E-state index in [9.17, 15) is 15.3 Å². The van der Waals surface area contributed by atoms with Crippen molar-refractivity contribution < 1.29 is 14.9 Å². The highest BCUT2D eigenvalue weighted by Gasteiger charge is 2.37. The van der Waals surface area contributed by atoms with Gasteiger partial charge in [-0.25, -0.2) is 4.99 Å². The molecule has 0 bridgehead atoms. The Kier molecular flexibility index (Phi) is 1.48. The van der Waals surface area contributed by atoms with Crippen LogP contribution in [0.2, 0.25) is 0 Å². The first-order valence-electron chi connectivity index (χ1n) is 3.60. The van der Waals surface area contributed by atoms with E-state index in [-0.39, 0.29) is 5.70 Å². The summed E-state index contributed by atoms with van der Waals surface area (Å²) in [6.07, 6.45) is 5.01. The maximum absolute atomic E-state index is 10.5. The quantitative estimate of drug-likeness (QED) is 0.266. The van der Waals surface area contributed by atoms with E-state index in [2.05, 4.69) is 4.99 Å². The number of rotatable bonds is 1. The average Bonchev–Trinajstić information content (AvgIpc) is 2.48. The molecule has 2 heterocycles. The van der Waals surface area contributed by atoms with E-state index < -0.39 is 11.1 Å². The standard InChI is InChI=1S/C7H6N3O3/c11-9-3-1-2-5-6(10(12)13)4-8-7(5)9/h1-4,7,11H/q+1. The summed E-state index contributed by atoms with van der Waals surface area (Å²) in [6, 6.07) is 0. The van der Waals surface area contributed by atoms with Crippen LogP contribution in [0, 0.1) is 10.1 Å². The lowest BCUT2D eigenvalue weighted by Crippen LogP contribution is -2.25. The van der Waals surface area contributed by atoms with Gasteiger partial charge in [0.15, 0.2) is 0 Å². The molecule has 0 aromatic rings. The molecule has 0 radical (unpaired) electrons. The van der Waals surface area contributed by atoms with Gasteiger partial charge in [-0.05, 0) is 6.08 Å². The molecule has 6 nitrogen and oxygen atoms in total. The molecule has 2 aliphatic heterocycles. The molecule has 1 N–H and O–H groups in total. The van der Waals surface area contributed by atoms with E-state index in [1.165, 1.54) is 12.3 Å². The largest absolute Gasteiger partial charge is 0.326 e. The topological polar surface area (TPSA) is 78.7 Å². The van der Waals surface area contributed by atoms with Crippen LogP contribution in [0.4, 0.5) is 0 Å². The van der Waals surface area contributed by atoms with Crippen LogP contribution in [0.5, 0.6) is 0 Å². The summed E-state index contributed by atoms with van der Waals surface area (Å²) >= 11 is 0. The summed E-state index contributed by atoms with van der Waals surface area (Å²) < 4.78 is 0.836. The second-order valence-electron chi connectivity index (χ2n) is 2.64. The van der Waals surface area contributed by atoms with Gasteiger partial charge in [0, 0.05) is 10.8 Å². The Morgan fingerprint density at radius 3 is 3.15 bits per heavy atom. The Morgan fingerprint density at radius 1 is 1.69 bits per heavy atom. The molecule has 66 valence electrons. The minimum absolute atomic E-state index is 0.0617. The smallest absolute Gasteiger partial charge is 0.288 e. The molecular formula is C7H6N3O3+. The molecule has 0 aromatic heterocycles. The minimum atomic E-state index is -0.648. The lowest BCUT2D eigenvalue weighted by Gasteiger charge is -2.03. The molecule has 1 atom stereocenters. The fraction of sp³-hybridized carbons (Fsp3) is 0.143. The first-order chi connectivity index (χ1) is 6.20. The number of hydrogen-bond acceptors (Lipinski definition) is 4. The molecule has 2 aliphatic rings. The van der Waals surface area contributed by atoms with Gasteiger partial charge in [-0.1, -0.05) is 0 Å². The zero-order valence-corrected chi connectivity index (χ0v) is 6.49. The maximum atomic E-state index is 10.5. The van der Waals surface area contributed by atoms with Gasteiger partial charge in [-0.2, -0.15) is 0 Å². The van der Waals surface area contributed by atoms with Gasteiger partial charge in [0.25, 0.3) is 5.70 Å². The lowest BCUT2D eigenvalue weighted by atomic mass is 10.1. The molecule has 6 heteroatoms. The molecule has 0 amide bonds. The predicted molar refractivity (Wildman–Crippen MR) is 43.6 cm³/mol. The van der Waals surface area contributed by atoms with Crippen LogP contribution in [0.25, 0.3) is 0 Å². The third-order valence-electron chi connectivity index (χ3n) is 1.87. The number of nitrogens with zero attached hydrogens (tertiary/aromatic N) is 3. The Bertz CT molecular complexity index is 392. The average molecular weight is 180 g/mol. The fourth-order valence-corrected chi connectivity index (χ4v) is 1.28. The van der Waals surface area contributed by atoms with Crippen molar-refractivity contribution in [2.75, 3.05) is 0 Å². The Labute approximate surface area is 72.9 Å². The number of fused-ring (bicyclic) bond motifs is 1. The van der Waals surface area contributed by atoms with Gasteiger partial charge in [-0.15, -0.1) is 0 Å². The summed E-state index contributed by atoms with van der Waals surface area (Å²) in [5, 5.41) is 19.7. The van der Waals surface area contributed by atoms with E-state index in [4.69, 9.17) is 0 Å². The normalized spacial score (nSPS) is 24.6. The number of hydrogen-bond donors (Lipinski definition) is 1. The summed E-state index contributed by atoms with van der Waals surface area (Å²) in [5.74, 6) is 0. The van der Waals surface area contributed by atoms with Crippen molar-refractivity contribution in [3.8, 4) is 0 Å². The maximum Gasteiger partial charge on any atom is 0.326 e. The number of hydroxylamine groups is 1.